The zero-order valence-electron chi connectivity index (χ0n) is 20.2. The number of carbonyl (C=O) groups is 3. The molecule has 0 aliphatic rings. The summed E-state index contributed by atoms with van der Waals surface area (Å²) in [5.74, 6) is -2.50. The van der Waals surface area contributed by atoms with Gasteiger partial charge in [-0.15, -0.1) is 0 Å². The number of rotatable bonds is 0. The van der Waals surface area contributed by atoms with Crippen molar-refractivity contribution in [1.82, 2.24) is 0 Å². The molecule has 0 unspecified atom stereocenters. The Balaban J connectivity index is -0.0000000417. The van der Waals surface area contributed by atoms with Crippen LogP contribution >= 0.6 is 46.9 Å². The van der Waals surface area contributed by atoms with Gasteiger partial charge >= 0.3 is 46.9 Å². The molecule has 0 saturated heterocycles. The quantitative estimate of drug-likeness (QED) is 0.102. The summed E-state index contributed by atoms with van der Waals surface area (Å²) < 4.78 is 53.3. The Labute approximate surface area is 231 Å². The van der Waals surface area contributed by atoms with Crippen LogP contribution in [0, 0.1) is 0 Å². The standard InChI is InChI=1S/3C2H4O2.6H3O4P/c3*1-2(3)4;6*1-5(2,3)4/h3*1H3,(H,3,4);6*(H3,1,2,3,4). The van der Waals surface area contributed by atoms with Crippen LogP contribution in [-0.4, -0.2) is 121 Å². The molecule has 0 fully saturated rings. The van der Waals surface area contributed by atoms with Crippen molar-refractivity contribution in [1.29, 1.82) is 0 Å². The minimum Gasteiger partial charge on any atom is -0.481 e. The maximum Gasteiger partial charge on any atom is 0.466 e. The van der Waals surface area contributed by atoms with E-state index in [4.69, 9.17) is 145 Å². The van der Waals surface area contributed by atoms with E-state index in [0.29, 0.717) is 0 Å². The Morgan fingerprint density at radius 2 is 0.286 bits per heavy atom. The molecule has 0 saturated carbocycles. The maximum absolute atomic E-state index is 9.00. The Bertz CT molecular complexity index is 700. The van der Waals surface area contributed by atoms with Gasteiger partial charge in [-0.1, -0.05) is 0 Å². The average Bonchev–Trinajstić information content (AvgIpc) is 2.31. The lowest BCUT2D eigenvalue weighted by Gasteiger charge is -1.82. The lowest BCUT2D eigenvalue weighted by Crippen LogP contribution is -1.78. The summed E-state index contributed by atoms with van der Waals surface area (Å²) in [7, 11) is -27.8. The third-order valence-corrected chi connectivity index (χ3v) is 0. The van der Waals surface area contributed by atoms with E-state index in [0.717, 1.165) is 20.8 Å². The van der Waals surface area contributed by atoms with Gasteiger partial charge in [-0.2, -0.15) is 0 Å². The van der Waals surface area contributed by atoms with Gasteiger partial charge in [0, 0.05) is 20.8 Å². The summed E-state index contributed by atoms with van der Waals surface area (Å²) in [6, 6.07) is 0. The molecule has 21 N–H and O–H groups in total. The number of phosphoric acid groups is 6. The van der Waals surface area contributed by atoms with E-state index in [1.807, 2.05) is 0 Å². The molecule has 42 heavy (non-hydrogen) atoms. The first-order chi connectivity index (χ1) is 17.2. The van der Waals surface area contributed by atoms with Crippen molar-refractivity contribution >= 4 is 64.8 Å². The van der Waals surface area contributed by atoms with Gasteiger partial charge in [0.25, 0.3) is 17.9 Å². The molecule has 30 nitrogen and oxygen atoms in total. The average molecular weight is 768 g/mol. The highest BCUT2D eigenvalue weighted by Gasteiger charge is 2.02. The number of hydrogen-bond donors (Lipinski definition) is 21. The monoisotopic (exact) mass is 768 g/mol. The van der Waals surface area contributed by atoms with Crippen LogP contribution in [0.5, 0.6) is 0 Å². The summed E-state index contributed by atoms with van der Waals surface area (Å²) in [4.78, 5) is 156. The molecule has 0 aromatic heterocycles. The first-order valence-corrected chi connectivity index (χ1v) is 16.9. The lowest BCUT2D eigenvalue weighted by molar-refractivity contribution is -0.135. The summed E-state index contributed by atoms with van der Waals surface area (Å²) in [5, 5.41) is 22.2. The third kappa shape index (κ3) is 65500. The minimum atomic E-state index is -4.64. The van der Waals surface area contributed by atoms with Gasteiger partial charge in [-0.3, -0.25) is 14.4 Å². The summed E-state index contributed by atoms with van der Waals surface area (Å²) in [6.07, 6.45) is 0. The van der Waals surface area contributed by atoms with Gasteiger partial charge in [0.1, 0.15) is 0 Å². The van der Waals surface area contributed by atoms with E-state index >= 15 is 0 Å². The van der Waals surface area contributed by atoms with Crippen molar-refractivity contribution in [2.24, 2.45) is 0 Å². The summed E-state index contributed by atoms with van der Waals surface area (Å²) in [6.45, 7) is 3.25. The molecule has 264 valence electrons. The fourth-order valence-corrected chi connectivity index (χ4v) is 0. The van der Waals surface area contributed by atoms with Crippen LogP contribution in [0.2, 0.25) is 0 Å². The molecule has 36 heteroatoms. The van der Waals surface area contributed by atoms with Crippen molar-refractivity contribution < 1.29 is 145 Å². The molecule has 0 aliphatic carbocycles. The van der Waals surface area contributed by atoms with Crippen molar-refractivity contribution in [3.05, 3.63) is 0 Å². The first-order valence-electron chi connectivity index (χ1n) is 7.48. The van der Waals surface area contributed by atoms with E-state index in [2.05, 4.69) is 0 Å². The molecular weight excluding hydrogens is 738 g/mol. The molecule has 0 aromatic carbocycles. The Hall–Kier alpha value is -0.930. The SMILES string of the molecule is CC(=O)O.CC(=O)O.CC(=O)O.O=P(O)(O)O.O=P(O)(O)O.O=P(O)(O)O.O=P(O)(O)O.O=P(O)(O)O.O=P(O)(O)O. The number of aliphatic carboxylic acids is 3. The number of carboxylic acids is 3. The van der Waals surface area contributed by atoms with Crippen molar-refractivity contribution in [2.75, 3.05) is 0 Å². The molecular formula is C6H30O30P6. The highest BCUT2D eigenvalue weighted by Crippen LogP contribution is 2.27. The largest absolute Gasteiger partial charge is 0.481 e. The normalized spacial score (nSPS) is 10.2. The van der Waals surface area contributed by atoms with Gasteiger partial charge < -0.3 is 103 Å². The zero-order valence-corrected chi connectivity index (χ0v) is 25.6. The highest BCUT2D eigenvalue weighted by molar-refractivity contribution is 7.46. The second-order valence-electron chi connectivity index (χ2n) is 4.64. The van der Waals surface area contributed by atoms with Gasteiger partial charge in [-0.05, 0) is 0 Å². The maximum atomic E-state index is 9.00. The molecule has 0 rings (SSSR count). The van der Waals surface area contributed by atoms with Gasteiger partial charge in [-0.25, -0.2) is 27.4 Å². The van der Waals surface area contributed by atoms with Crippen LogP contribution in [0.3, 0.4) is 0 Å². The van der Waals surface area contributed by atoms with Crippen molar-refractivity contribution in [3.63, 3.8) is 0 Å². The number of carboxylic acid groups (broad SMARTS) is 3. The lowest BCUT2D eigenvalue weighted by atomic mass is 10.9. The van der Waals surface area contributed by atoms with E-state index < -0.39 is 64.8 Å². The zero-order chi connectivity index (χ0) is 37.7. The molecule has 0 aromatic rings. The van der Waals surface area contributed by atoms with Crippen LogP contribution in [0.15, 0.2) is 0 Å². The Morgan fingerprint density at radius 3 is 0.286 bits per heavy atom. The molecule has 0 aliphatic heterocycles. The van der Waals surface area contributed by atoms with E-state index in [-0.39, 0.29) is 0 Å². The second-order valence-corrected chi connectivity index (χ2v) is 10.8. The van der Waals surface area contributed by atoms with Crippen LogP contribution in [0.4, 0.5) is 0 Å². The molecule has 0 heterocycles. The Kier molecular flexibility index (Phi) is 48.1. The topological polar surface area (TPSA) is 578 Å². The predicted octanol–water partition coefficient (Wildman–Crippen LogP) is -5.30. The van der Waals surface area contributed by atoms with Gasteiger partial charge in [0.2, 0.25) is 0 Å². The highest BCUT2D eigenvalue weighted by atomic mass is 31.2. The van der Waals surface area contributed by atoms with Gasteiger partial charge in [0.05, 0.1) is 0 Å². The summed E-state index contributed by atoms with van der Waals surface area (Å²) in [5.41, 5.74) is 0. The number of hydrogen-bond acceptors (Lipinski definition) is 9. The van der Waals surface area contributed by atoms with Crippen molar-refractivity contribution in [3.8, 4) is 0 Å². The molecule has 0 bridgehead atoms. The molecule has 0 radical (unpaired) electrons. The third-order valence-electron chi connectivity index (χ3n) is 0. The van der Waals surface area contributed by atoms with Crippen LogP contribution in [-0.2, 0) is 41.8 Å². The molecule has 0 atom stereocenters. The first kappa shape index (κ1) is 64.1. The van der Waals surface area contributed by atoms with Crippen LogP contribution < -0.4 is 0 Å². The smallest absolute Gasteiger partial charge is 0.466 e. The molecule has 0 spiro atoms. The van der Waals surface area contributed by atoms with Crippen LogP contribution in [0.25, 0.3) is 0 Å². The van der Waals surface area contributed by atoms with Crippen LogP contribution in [0.1, 0.15) is 20.8 Å². The summed E-state index contributed by atoms with van der Waals surface area (Å²) >= 11 is 0. The van der Waals surface area contributed by atoms with Crippen molar-refractivity contribution in [2.45, 2.75) is 20.8 Å². The fraction of sp³-hybridized carbons (Fsp3) is 0.500. The van der Waals surface area contributed by atoms with E-state index in [9.17, 15) is 0 Å². The predicted molar refractivity (Wildman–Crippen MR) is 126 cm³/mol. The minimum absolute atomic E-state index is 0.833. The van der Waals surface area contributed by atoms with E-state index in [1.165, 1.54) is 0 Å². The molecule has 0 amide bonds. The second kappa shape index (κ2) is 31.5. The Morgan fingerprint density at radius 1 is 0.286 bits per heavy atom. The van der Waals surface area contributed by atoms with E-state index in [1.54, 1.807) is 0 Å². The van der Waals surface area contributed by atoms with Gasteiger partial charge in [0.15, 0.2) is 0 Å². The fourth-order valence-electron chi connectivity index (χ4n) is 0.